The summed E-state index contributed by atoms with van der Waals surface area (Å²) in [5.74, 6) is 0.0747. The number of anilines is 1. The van der Waals surface area contributed by atoms with Crippen LogP contribution < -0.4 is 5.73 Å². The van der Waals surface area contributed by atoms with Crippen LogP contribution in [0.2, 0.25) is 0 Å². The van der Waals surface area contributed by atoms with Crippen molar-refractivity contribution in [2.24, 2.45) is 0 Å². The predicted molar refractivity (Wildman–Crippen MR) is 78.9 cm³/mol. The van der Waals surface area contributed by atoms with Crippen LogP contribution in [-0.4, -0.2) is 36.3 Å². The third-order valence-corrected chi connectivity index (χ3v) is 4.62. The first-order valence-electron chi connectivity index (χ1n) is 6.45. The highest BCUT2D eigenvalue weighted by Gasteiger charge is 2.21. The third kappa shape index (κ3) is 2.13. The van der Waals surface area contributed by atoms with Crippen molar-refractivity contribution >= 4 is 33.0 Å². The summed E-state index contributed by atoms with van der Waals surface area (Å²) < 4.78 is 0. The average Bonchev–Trinajstić information content (AvgIpc) is 2.91. The zero-order valence-corrected chi connectivity index (χ0v) is 12.0. The molecule has 1 aliphatic carbocycles. The van der Waals surface area contributed by atoms with Crippen LogP contribution in [0.25, 0.3) is 10.2 Å². The Morgan fingerprint density at radius 3 is 3.00 bits per heavy atom. The van der Waals surface area contributed by atoms with Crippen LogP contribution in [-0.2, 0) is 12.8 Å². The molecule has 100 valence electrons. The summed E-state index contributed by atoms with van der Waals surface area (Å²) in [6.45, 7) is 0.386. The average molecular weight is 275 g/mol. The van der Waals surface area contributed by atoms with Gasteiger partial charge in [0.15, 0.2) is 5.78 Å². The minimum absolute atomic E-state index is 0.0747. The van der Waals surface area contributed by atoms with Crippen LogP contribution in [0, 0.1) is 0 Å². The number of thiophene rings is 1. The van der Waals surface area contributed by atoms with Crippen LogP contribution in [0.5, 0.6) is 0 Å². The van der Waals surface area contributed by atoms with Crippen molar-refractivity contribution in [2.45, 2.75) is 19.3 Å². The van der Waals surface area contributed by atoms with E-state index in [1.165, 1.54) is 29.0 Å². The Morgan fingerprint density at radius 1 is 1.47 bits per heavy atom. The standard InChI is InChI=1S/C14H17N3OS/c1-17(2)7-11(18)13-12(15)9-6-8-4-3-5-10(8)16-14(9)19-13/h6H,3-5,7,15H2,1-2H3. The van der Waals surface area contributed by atoms with Gasteiger partial charge in [0.05, 0.1) is 17.1 Å². The summed E-state index contributed by atoms with van der Waals surface area (Å²) in [7, 11) is 3.77. The van der Waals surface area contributed by atoms with Crippen molar-refractivity contribution in [1.29, 1.82) is 0 Å². The molecule has 0 unspecified atom stereocenters. The van der Waals surface area contributed by atoms with E-state index in [1.807, 2.05) is 19.0 Å². The Kier molecular flexibility index (Phi) is 3.03. The van der Waals surface area contributed by atoms with Crippen molar-refractivity contribution in [3.63, 3.8) is 0 Å². The van der Waals surface area contributed by atoms with Gasteiger partial charge < -0.3 is 10.6 Å². The van der Waals surface area contributed by atoms with E-state index in [4.69, 9.17) is 5.73 Å². The molecule has 5 heteroatoms. The lowest BCUT2D eigenvalue weighted by molar-refractivity contribution is 0.0962. The maximum absolute atomic E-state index is 12.2. The zero-order valence-electron chi connectivity index (χ0n) is 11.2. The quantitative estimate of drug-likeness (QED) is 0.872. The van der Waals surface area contributed by atoms with Crippen molar-refractivity contribution in [2.75, 3.05) is 26.4 Å². The van der Waals surface area contributed by atoms with E-state index in [0.29, 0.717) is 17.1 Å². The molecule has 0 fully saturated rings. The lowest BCUT2D eigenvalue weighted by Crippen LogP contribution is -2.21. The topological polar surface area (TPSA) is 59.2 Å². The Hall–Kier alpha value is -1.46. The molecule has 19 heavy (non-hydrogen) atoms. The van der Waals surface area contributed by atoms with Gasteiger partial charge in [-0.2, -0.15) is 0 Å². The highest BCUT2D eigenvalue weighted by molar-refractivity contribution is 7.21. The number of hydrogen-bond donors (Lipinski definition) is 1. The minimum atomic E-state index is 0.0747. The number of hydrogen-bond acceptors (Lipinski definition) is 5. The van der Waals surface area contributed by atoms with Crippen LogP contribution in [0.3, 0.4) is 0 Å². The van der Waals surface area contributed by atoms with E-state index in [9.17, 15) is 4.79 Å². The first-order chi connectivity index (χ1) is 9.06. The van der Waals surface area contributed by atoms with Crippen LogP contribution >= 0.6 is 11.3 Å². The number of rotatable bonds is 3. The summed E-state index contributed by atoms with van der Waals surface area (Å²) >= 11 is 1.43. The van der Waals surface area contributed by atoms with E-state index >= 15 is 0 Å². The smallest absolute Gasteiger partial charge is 0.188 e. The van der Waals surface area contributed by atoms with Gasteiger partial charge in [0.2, 0.25) is 0 Å². The fourth-order valence-electron chi connectivity index (χ4n) is 2.56. The van der Waals surface area contributed by atoms with E-state index in [-0.39, 0.29) is 5.78 Å². The Morgan fingerprint density at radius 2 is 2.26 bits per heavy atom. The number of nitrogens with two attached hydrogens (primary N) is 1. The molecule has 2 aromatic heterocycles. The summed E-state index contributed by atoms with van der Waals surface area (Å²) in [6.07, 6.45) is 3.30. The van der Waals surface area contributed by atoms with Crippen molar-refractivity contribution in [3.8, 4) is 0 Å². The Balaban J connectivity index is 2.08. The second-order valence-electron chi connectivity index (χ2n) is 5.31. The number of nitrogens with zero attached hydrogens (tertiary/aromatic N) is 2. The summed E-state index contributed by atoms with van der Waals surface area (Å²) in [5, 5.41) is 0.952. The Bertz CT molecular complexity index is 660. The fraction of sp³-hybridized carbons (Fsp3) is 0.429. The van der Waals surface area contributed by atoms with Crippen molar-refractivity contribution in [3.05, 3.63) is 22.2 Å². The van der Waals surface area contributed by atoms with Gasteiger partial charge in [0.25, 0.3) is 0 Å². The second kappa shape index (κ2) is 4.58. The molecule has 3 rings (SSSR count). The molecular weight excluding hydrogens is 258 g/mol. The fourth-order valence-corrected chi connectivity index (χ4v) is 3.59. The predicted octanol–water partition coefficient (Wildman–Crippen LogP) is 2.11. The van der Waals surface area contributed by atoms with Gasteiger partial charge in [-0.25, -0.2) is 4.98 Å². The lowest BCUT2D eigenvalue weighted by Gasteiger charge is -2.07. The van der Waals surface area contributed by atoms with Gasteiger partial charge in [0.1, 0.15) is 4.83 Å². The molecule has 0 saturated heterocycles. The van der Waals surface area contributed by atoms with Gasteiger partial charge in [-0.1, -0.05) is 0 Å². The number of Topliss-reactive ketones (excluding diaryl/α,β-unsaturated/α-hetero) is 1. The normalized spacial score (nSPS) is 14.3. The molecule has 0 radical (unpaired) electrons. The number of nitrogen functional groups attached to an aromatic ring is 1. The summed E-state index contributed by atoms with van der Waals surface area (Å²) in [6, 6.07) is 2.13. The molecule has 2 heterocycles. The monoisotopic (exact) mass is 275 g/mol. The number of ketones is 1. The van der Waals surface area contributed by atoms with E-state index in [2.05, 4.69) is 11.1 Å². The molecule has 2 aromatic rings. The summed E-state index contributed by atoms with van der Waals surface area (Å²) in [5.41, 5.74) is 9.22. The van der Waals surface area contributed by atoms with E-state index in [0.717, 1.165) is 23.1 Å². The van der Waals surface area contributed by atoms with Crippen molar-refractivity contribution < 1.29 is 4.79 Å². The molecule has 0 spiro atoms. The second-order valence-corrected chi connectivity index (χ2v) is 6.31. The van der Waals surface area contributed by atoms with Crippen molar-refractivity contribution in [1.82, 2.24) is 9.88 Å². The number of aromatic nitrogens is 1. The van der Waals surface area contributed by atoms with E-state index in [1.54, 1.807) is 0 Å². The molecular formula is C14H17N3OS. The minimum Gasteiger partial charge on any atom is -0.397 e. The first-order valence-corrected chi connectivity index (χ1v) is 7.26. The molecule has 4 nitrogen and oxygen atoms in total. The number of fused-ring (bicyclic) bond motifs is 2. The van der Waals surface area contributed by atoms with Gasteiger partial charge in [-0.15, -0.1) is 11.3 Å². The third-order valence-electron chi connectivity index (χ3n) is 3.46. The van der Waals surface area contributed by atoms with Crippen LogP contribution in [0.1, 0.15) is 27.3 Å². The number of pyridine rings is 1. The van der Waals surface area contributed by atoms with Gasteiger partial charge in [-0.05, 0) is 45.0 Å². The number of carbonyl (C=O) groups excluding carboxylic acids is 1. The Labute approximate surface area is 116 Å². The van der Waals surface area contributed by atoms with Gasteiger partial charge >= 0.3 is 0 Å². The number of carbonyl (C=O) groups is 1. The lowest BCUT2D eigenvalue weighted by atomic mass is 10.1. The number of likely N-dealkylation sites (N-methyl/N-ethyl adjacent to an activating group) is 1. The molecule has 0 aliphatic heterocycles. The molecule has 0 aromatic carbocycles. The molecule has 0 saturated carbocycles. The highest BCUT2D eigenvalue weighted by Crippen LogP contribution is 2.35. The number of aryl methyl sites for hydroxylation is 2. The summed E-state index contributed by atoms with van der Waals surface area (Å²) in [4.78, 5) is 20.2. The molecule has 0 bridgehead atoms. The zero-order chi connectivity index (χ0) is 13.6. The van der Waals surface area contributed by atoms with E-state index < -0.39 is 0 Å². The largest absolute Gasteiger partial charge is 0.397 e. The van der Waals surface area contributed by atoms with Crippen LogP contribution in [0.15, 0.2) is 6.07 Å². The molecule has 1 aliphatic rings. The van der Waals surface area contributed by atoms with Crippen LogP contribution in [0.4, 0.5) is 5.69 Å². The maximum atomic E-state index is 12.2. The molecule has 0 amide bonds. The van der Waals surface area contributed by atoms with Gasteiger partial charge in [0, 0.05) is 11.1 Å². The maximum Gasteiger partial charge on any atom is 0.188 e. The van der Waals surface area contributed by atoms with Gasteiger partial charge in [-0.3, -0.25) is 4.79 Å². The SMILES string of the molecule is CN(C)CC(=O)c1sc2nc3c(cc2c1N)CCC3. The highest BCUT2D eigenvalue weighted by atomic mass is 32.1. The first kappa shape index (κ1) is 12.6. The molecule has 0 atom stereocenters. The molecule has 2 N–H and O–H groups in total.